The van der Waals surface area contributed by atoms with Crippen LogP contribution < -0.4 is 9.54 Å². The van der Waals surface area contributed by atoms with Crippen LogP contribution in [0, 0.1) is 5.41 Å². The third-order valence-corrected chi connectivity index (χ3v) is 6.72. The highest BCUT2D eigenvalue weighted by atomic mass is 79.9. The second-order valence-electron chi connectivity index (χ2n) is 6.66. The number of ether oxygens (including phenoxy) is 1. The van der Waals surface area contributed by atoms with Gasteiger partial charge in [-0.15, -0.1) is 23.1 Å². The average molecular weight is 553 g/mol. The van der Waals surface area contributed by atoms with Gasteiger partial charge in [-0.1, -0.05) is 12.1 Å². The molecule has 0 aliphatic carbocycles. The maximum absolute atomic E-state index is 11.7. The van der Waals surface area contributed by atoms with E-state index in [0.717, 1.165) is 16.2 Å². The highest BCUT2D eigenvalue weighted by Crippen LogP contribution is 2.32. The van der Waals surface area contributed by atoms with Crippen molar-refractivity contribution in [1.82, 2.24) is 4.57 Å². The Morgan fingerprint density at radius 2 is 1.79 bits per heavy atom. The number of carboxylic acid groups (broad SMARTS) is 3. The first-order valence-electron chi connectivity index (χ1n) is 9.24. The third kappa shape index (κ3) is 6.24. The molecular weight excluding hydrogens is 536 g/mol. The molecule has 0 aliphatic rings. The van der Waals surface area contributed by atoms with Gasteiger partial charge in [0, 0.05) is 10.3 Å². The van der Waals surface area contributed by atoms with E-state index in [9.17, 15) is 19.5 Å². The van der Waals surface area contributed by atoms with E-state index in [1.807, 2.05) is 29.6 Å². The molecule has 12 heteroatoms. The van der Waals surface area contributed by atoms with Crippen molar-refractivity contribution in [2.24, 2.45) is 0 Å². The van der Waals surface area contributed by atoms with Crippen LogP contribution in [0.1, 0.15) is 15.9 Å². The Kier molecular flexibility index (Phi) is 7.95. The Labute approximate surface area is 203 Å². The molecule has 9 nitrogen and oxygen atoms in total. The van der Waals surface area contributed by atoms with Gasteiger partial charge in [0.1, 0.15) is 11.3 Å². The smallest absolute Gasteiger partial charge is 0.341 e. The Balaban J connectivity index is 1.91. The Morgan fingerprint density at radius 1 is 1.09 bits per heavy atom. The summed E-state index contributed by atoms with van der Waals surface area (Å²) in [6, 6.07) is 10.3. The first kappa shape index (κ1) is 24.6. The van der Waals surface area contributed by atoms with E-state index in [4.69, 9.17) is 20.4 Å². The van der Waals surface area contributed by atoms with E-state index in [0.29, 0.717) is 10.0 Å². The van der Waals surface area contributed by atoms with E-state index in [1.165, 1.54) is 29.2 Å². The van der Waals surface area contributed by atoms with Crippen molar-refractivity contribution in [3.05, 3.63) is 62.2 Å². The molecule has 1 aromatic heterocycles. The highest BCUT2D eigenvalue weighted by molar-refractivity contribution is 9.10. The van der Waals surface area contributed by atoms with Crippen molar-refractivity contribution in [3.63, 3.8) is 0 Å². The van der Waals surface area contributed by atoms with Gasteiger partial charge in [0.25, 0.3) is 0 Å². The van der Waals surface area contributed by atoms with Gasteiger partial charge < -0.3 is 24.6 Å². The topological polar surface area (TPSA) is 150 Å². The van der Waals surface area contributed by atoms with Gasteiger partial charge in [-0.05, 0) is 51.3 Å². The van der Waals surface area contributed by atoms with Gasteiger partial charge in [0.05, 0.1) is 22.5 Å². The number of aromatic carboxylic acids is 1. The van der Waals surface area contributed by atoms with E-state index < -0.39 is 24.5 Å². The molecule has 3 rings (SSSR count). The zero-order chi connectivity index (χ0) is 24.1. The number of aliphatic carboxylic acids is 2. The van der Waals surface area contributed by atoms with Crippen LogP contribution in [-0.4, -0.2) is 50.2 Å². The summed E-state index contributed by atoms with van der Waals surface area (Å²) in [5.74, 6) is -3.52. The average Bonchev–Trinajstić information content (AvgIpc) is 3.11. The highest BCUT2D eigenvalue weighted by Gasteiger charge is 2.19. The summed E-state index contributed by atoms with van der Waals surface area (Å²) in [5, 5.41) is 37.3. The fourth-order valence-electron chi connectivity index (χ4n) is 2.96. The number of hydrogen-bond acceptors (Lipinski definition) is 7. The molecule has 0 saturated heterocycles. The van der Waals surface area contributed by atoms with E-state index in [1.54, 1.807) is 10.6 Å². The molecule has 1 heterocycles. The molecule has 0 amide bonds. The Hall–Kier alpha value is -3.09. The Morgan fingerprint density at radius 3 is 2.39 bits per heavy atom. The fraction of sp³-hybridized carbons (Fsp3) is 0.143. The van der Waals surface area contributed by atoms with Gasteiger partial charge in [-0.25, -0.2) is 9.59 Å². The summed E-state index contributed by atoms with van der Waals surface area (Å²) < 4.78 is 7.15. The number of carbonyl (C=O) groups is 3. The summed E-state index contributed by atoms with van der Waals surface area (Å²) in [4.78, 5) is 34.3. The fourth-order valence-corrected chi connectivity index (χ4v) is 4.98. The lowest BCUT2D eigenvalue weighted by Gasteiger charge is -2.14. The van der Waals surface area contributed by atoms with Crippen molar-refractivity contribution in [2.75, 3.05) is 12.4 Å². The molecule has 0 aliphatic heterocycles. The summed E-state index contributed by atoms with van der Waals surface area (Å²) in [6.45, 7) is -0.482. The van der Waals surface area contributed by atoms with Crippen LogP contribution in [0.15, 0.2) is 51.1 Å². The molecule has 172 valence electrons. The second kappa shape index (κ2) is 10.7. The standard InChI is InChI=1S/C21H17BrN2O7S2/c22-15-6-11(5-14(20(29)30)19(15)31-8-17(25)26)7-24-16(9-33-21(24)23)12-1-3-13(4-2-12)32-10-18(27)28/h1-6,9,23H,7-8,10H2,(H,25,26)(H,27,28)(H,29,30). The van der Waals surface area contributed by atoms with Gasteiger partial charge in [0.2, 0.25) is 0 Å². The first-order valence-corrected chi connectivity index (χ1v) is 11.9. The minimum absolute atomic E-state index is 0.0401. The van der Waals surface area contributed by atoms with Crippen molar-refractivity contribution in [3.8, 4) is 17.0 Å². The van der Waals surface area contributed by atoms with Crippen LogP contribution in [0.25, 0.3) is 11.3 Å². The van der Waals surface area contributed by atoms with Crippen LogP contribution in [-0.2, 0) is 16.1 Å². The lowest BCUT2D eigenvalue weighted by Crippen LogP contribution is -2.17. The molecule has 0 atom stereocenters. The number of carboxylic acids is 3. The maximum Gasteiger partial charge on any atom is 0.341 e. The molecule has 0 bridgehead atoms. The molecule has 0 saturated carbocycles. The molecule has 3 aromatic rings. The minimum atomic E-state index is -1.27. The number of thiazole rings is 1. The lowest BCUT2D eigenvalue weighted by atomic mass is 10.1. The van der Waals surface area contributed by atoms with Crippen molar-refractivity contribution in [2.45, 2.75) is 11.4 Å². The summed E-state index contributed by atoms with van der Waals surface area (Å²) in [6.07, 6.45) is 0. The molecule has 0 fully saturated rings. The van der Waals surface area contributed by atoms with Crippen LogP contribution in [0.4, 0.5) is 0 Å². The molecule has 0 unspecified atom stereocenters. The molecule has 33 heavy (non-hydrogen) atoms. The second-order valence-corrected chi connectivity index (χ2v) is 9.42. The number of nitrogens with zero attached hydrogens (tertiary/aromatic N) is 1. The molecule has 0 spiro atoms. The van der Waals surface area contributed by atoms with Crippen molar-refractivity contribution >= 4 is 56.9 Å². The van der Waals surface area contributed by atoms with Gasteiger partial charge in [-0.2, -0.15) is 0 Å². The Bertz CT molecular complexity index is 1270. The van der Waals surface area contributed by atoms with Crippen LogP contribution in [0.3, 0.4) is 0 Å². The van der Waals surface area contributed by atoms with Gasteiger partial charge in [0.15, 0.2) is 11.4 Å². The predicted molar refractivity (Wildman–Crippen MR) is 125 cm³/mol. The summed E-state index contributed by atoms with van der Waals surface area (Å²) in [7, 11) is 0. The predicted octanol–water partition coefficient (Wildman–Crippen LogP) is 3.85. The minimum Gasteiger partial charge on any atom is -0.481 e. The van der Waals surface area contributed by atoms with Crippen LogP contribution >= 0.6 is 39.0 Å². The summed E-state index contributed by atoms with van der Waals surface area (Å²) >= 11 is 5.68. The lowest BCUT2D eigenvalue weighted by molar-refractivity contribution is -0.139. The number of halogens is 1. The number of rotatable bonds is 10. The zero-order valence-electron chi connectivity index (χ0n) is 16.8. The number of thioether (sulfide) groups is 1. The van der Waals surface area contributed by atoms with E-state index in [2.05, 4.69) is 15.9 Å². The van der Waals surface area contributed by atoms with Gasteiger partial charge in [-0.3, -0.25) is 10.2 Å². The maximum atomic E-state index is 11.7. The zero-order valence-corrected chi connectivity index (χ0v) is 20.0. The number of hydrogen-bond donors (Lipinski definition) is 4. The molecule has 0 radical (unpaired) electrons. The molecule has 2 aromatic carbocycles. The van der Waals surface area contributed by atoms with Crippen molar-refractivity contribution < 1.29 is 34.4 Å². The van der Waals surface area contributed by atoms with Crippen LogP contribution in [0.5, 0.6) is 5.75 Å². The largest absolute Gasteiger partial charge is 0.481 e. The SMILES string of the molecule is N=c1scc(-c2ccc(SCC(=O)O)cc2)n1Cc1cc(Br)c(OCC(=O)O)c(C(=O)O)c1. The van der Waals surface area contributed by atoms with E-state index in [-0.39, 0.29) is 28.4 Å². The first-order chi connectivity index (χ1) is 15.7. The molecular formula is C21H17BrN2O7S2. The number of aromatic nitrogens is 1. The third-order valence-electron chi connectivity index (χ3n) is 4.34. The molecule has 4 N–H and O–H groups in total. The normalized spacial score (nSPS) is 10.7. The number of nitrogens with one attached hydrogen (secondary N) is 1. The van der Waals surface area contributed by atoms with Gasteiger partial charge >= 0.3 is 17.9 Å². The summed E-state index contributed by atoms with van der Waals surface area (Å²) in [5.41, 5.74) is 1.96. The van der Waals surface area contributed by atoms with E-state index >= 15 is 0 Å². The van der Waals surface area contributed by atoms with Crippen molar-refractivity contribution in [1.29, 1.82) is 5.41 Å². The quantitative estimate of drug-likeness (QED) is 0.277. The number of benzene rings is 2. The monoisotopic (exact) mass is 552 g/mol. The van der Waals surface area contributed by atoms with Crippen LogP contribution in [0.2, 0.25) is 0 Å².